The summed E-state index contributed by atoms with van der Waals surface area (Å²) in [6, 6.07) is 5.85. The number of halogens is 4. The lowest BCUT2D eigenvalue weighted by atomic mass is 10.1. The molecule has 0 amide bonds. The molecule has 0 fully saturated rings. The summed E-state index contributed by atoms with van der Waals surface area (Å²) in [6.45, 7) is 1.50. The number of alkyl halides is 3. The van der Waals surface area contributed by atoms with E-state index in [0.717, 1.165) is 15.6 Å². The minimum atomic E-state index is -4.12. The van der Waals surface area contributed by atoms with Gasteiger partial charge in [-0.2, -0.15) is 13.2 Å². The normalized spacial score (nSPS) is 12.2. The summed E-state index contributed by atoms with van der Waals surface area (Å²) in [5.74, 6) is 0. The second-order valence-corrected chi connectivity index (χ2v) is 5.09. The zero-order chi connectivity index (χ0) is 13.1. The lowest BCUT2D eigenvalue weighted by Crippen LogP contribution is -2.32. The first-order valence-corrected chi connectivity index (χ1v) is 6.07. The fourth-order valence-electron chi connectivity index (χ4n) is 1.61. The van der Waals surface area contributed by atoms with Gasteiger partial charge in [0.1, 0.15) is 0 Å². The van der Waals surface area contributed by atoms with E-state index in [4.69, 9.17) is 0 Å². The quantitative estimate of drug-likeness (QED) is 0.818. The summed E-state index contributed by atoms with van der Waals surface area (Å²) in [7, 11) is 1.49. The molecule has 0 aromatic heterocycles. The molecule has 0 aliphatic carbocycles. The monoisotopic (exact) mass is 309 g/mol. The van der Waals surface area contributed by atoms with Gasteiger partial charge in [0.15, 0.2) is 0 Å². The van der Waals surface area contributed by atoms with E-state index in [-0.39, 0.29) is 0 Å². The van der Waals surface area contributed by atoms with Gasteiger partial charge in [0.05, 0.1) is 6.54 Å². The Bertz CT molecular complexity index is 377. The van der Waals surface area contributed by atoms with Crippen molar-refractivity contribution in [3.63, 3.8) is 0 Å². The van der Waals surface area contributed by atoms with Crippen LogP contribution in [0.1, 0.15) is 11.1 Å². The smallest absolute Gasteiger partial charge is 0.298 e. The molecule has 0 heterocycles. The van der Waals surface area contributed by atoms with Gasteiger partial charge in [0, 0.05) is 11.0 Å². The lowest BCUT2D eigenvalue weighted by Gasteiger charge is -2.19. The summed E-state index contributed by atoms with van der Waals surface area (Å²) in [6.07, 6.45) is -3.50. The fourth-order valence-corrected chi connectivity index (χ4v) is 2.01. The lowest BCUT2D eigenvalue weighted by molar-refractivity contribution is -0.142. The zero-order valence-corrected chi connectivity index (χ0v) is 11.4. The molecule has 0 spiro atoms. The van der Waals surface area contributed by atoms with Crippen LogP contribution in [-0.2, 0) is 6.42 Å². The van der Waals surface area contributed by atoms with Crippen LogP contribution in [-0.4, -0.2) is 31.2 Å². The molecular formula is C12H15BrF3N. The Morgan fingerprint density at radius 2 is 1.94 bits per heavy atom. The van der Waals surface area contributed by atoms with Gasteiger partial charge in [-0.3, -0.25) is 4.90 Å². The third-order valence-corrected chi connectivity index (χ3v) is 3.02. The molecule has 96 valence electrons. The third-order valence-electron chi connectivity index (χ3n) is 2.52. The minimum Gasteiger partial charge on any atom is -0.298 e. The molecule has 0 atom stereocenters. The highest BCUT2D eigenvalue weighted by molar-refractivity contribution is 9.10. The fraction of sp³-hybridized carbons (Fsp3) is 0.500. The van der Waals surface area contributed by atoms with E-state index in [0.29, 0.717) is 13.0 Å². The Balaban J connectivity index is 2.53. The van der Waals surface area contributed by atoms with E-state index in [2.05, 4.69) is 15.9 Å². The molecule has 1 rings (SSSR count). The minimum absolute atomic E-state index is 0.400. The number of hydrogen-bond donors (Lipinski definition) is 0. The van der Waals surface area contributed by atoms with Crippen molar-refractivity contribution in [2.75, 3.05) is 20.1 Å². The average Bonchev–Trinajstić information content (AvgIpc) is 2.17. The predicted octanol–water partition coefficient (Wildman–Crippen LogP) is 3.79. The van der Waals surface area contributed by atoms with E-state index in [1.165, 1.54) is 11.9 Å². The van der Waals surface area contributed by atoms with Crippen molar-refractivity contribution in [3.05, 3.63) is 33.8 Å². The van der Waals surface area contributed by atoms with E-state index in [1.807, 2.05) is 25.1 Å². The highest BCUT2D eigenvalue weighted by Crippen LogP contribution is 2.18. The molecule has 5 heteroatoms. The highest BCUT2D eigenvalue weighted by Gasteiger charge is 2.28. The van der Waals surface area contributed by atoms with Crippen LogP contribution in [0.3, 0.4) is 0 Å². The summed E-state index contributed by atoms with van der Waals surface area (Å²) in [5.41, 5.74) is 2.18. The average molecular weight is 310 g/mol. The molecule has 0 aliphatic rings. The molecule has 0 bridgehead atoms. The summed E-state index contributed by atoms with van der Waals surface area (Å²) in [4.78, 5) is 1.29. The maximum absolute atomic E-state index is 12.1. The second kappa shape index (κ2) is 5.87. The first-order valence-electron chi connectivity index (χ1n) is 5.28. The van der Waals surface area contributed by atoms with Crippen molar-refractivity contribution in [2.24, 2.45) is 0 Å². The number of nitrogens with zero attached hydrogens (tertiary/aromatic N) is 1. The van der Waals surface area contributed by atoms with E-state index >= 15 is 0 Å². The van der Waals surface area contributed by atoms with Gasteiger partial charge in [-0.05, 0) is 43.7 Å². The van der Waals surface area contributed by atoms with Crippen LogP contribution in [0.25, 0.3) is 0 Å². The summed E-state index contributed by atoms with van der Waals surface area (Å²) < 4.78 is 37.3. The van der Waals surface area contributed by atoms with Crippen LogP contribution in [0.2, 0.25) is 0 Å². The van der Waals surface area contributed by atoms with Crippen LogP contribution in [0.4, 0.5) is 13.2 Å². The van der Waals surface area contributed by atoms with Crippen molar-refractivity contribution in [1.29, 1.82) is 0 Å². The largest absolute Gasteiger partial charge is 0.401 e. The Morgan fingerprint density at radius 3 is 2.53 bits per heavy atom. The van der Waals surface area contributed by atoms with E-state index in [9.17, 15) is 13.2 Å². The predicted molar refractivity (Wildman–Crippen MR) is 66.1 cm³/mol. The molecule has 17 heavy (non-hydrogen) atoms. The maximum atomic E-state index is 12.1. The highest BCUT2D eigenvalue weighted by atomic mass is 79.9. The number of likely N-dealkylation sites (N-methyl/N-ethyl adjacent to an activating group) is 1. The first-order chi connectivity index (χ1) is 7.78. The van der Waals surface area contributed by atoms with Crippen LogP contribution in [0, 0.1) is 6.92 Å². The van der Waals surface area contributed by atoms with Crippen molar-refractivity contribution in [1.82, 2.24) is 4.90 Å². The molecule has 0 N–H and O–H groups in total. The molecule has 1 aromatic rings. The van der Waals surface area contributed by atoms with Gasteiger partial charge in [-0.25, -0.2) is 0 Å². The molecule has 0 aliphatic heterocycles. The Kier molecular flexibility index (Phi) is 5.01. The number of aryl methyl sites for hydroxylation is 1. The van der Waals surface area contributed by atoms with Gasteiger partial charge < -0.3 is 0 Å². The van der Waals surface area contributed by atoms with Crippen molar-refractivity contribution >= 4 is 15.9 Å². The van der Waals surface area contributed by atoms with E-state index < -0.39 is 12.7 Å². The van der Waals surface area contributed by atoms with Crippen LogP contribution < -0.4 is 0 Å². The topological polar surface area (TPSA) is 3.24 Å². The number of benzene rings is 1. The molecule has 0 unspecified atom stereocenters. The summed E-state index contributed by atoms with van der Waals surface area (Å²) >= 11 is 3.36. The number of hydrogen-bond acceptors (Lipinski definition) is 1. The Hall–Kier alpha value is -0.550. The standard InChI is InChI=1S/C12H15BrF3N/c1-9-3-4-11(13)7-10(9)5-6-17(2)8-12(14,15)16/h3-4,7H,5-6,8H2,1-2H3. The van der Waals surface area contributed by atoms with Gasteiger partial charge >= 0.3 is 6.18 Å². The third kappa shape index (κ3) is 5.55. The van der Waals surface area contributed by atoms with Crippen molar-refractivity contribution in [2.45, 2.75) is 19.5 Å². The molecule has 1 nitrogen and oxygen atoms in total. The molecule has 0 saturated carbocycles. The molecular weight excluding hydrogens is 295 g/mol. The van der Waals surface area contributed by atoms with E-state index in [1.54, 1.807) is 0 Å². The van der Waals surface area contributed by atoms with Gasteiger partial charge in [0.2, 0.25) is 0 Å². The van der Waals surface area contributed by atoms with Gasteiger partial charge in [-0.1, -0.05) is 22.0 Å². The van der Waals surface area contributed by atoms with Crippen LogP contribution >= 0.6 is 15.9 Å². The zero-order valence-electron chi connectivity index (χ0n) is 9.81. The first kappa shape index (κ1) is 14.5. The van der Waals surface area contributed by atoms with Crippen LogP contribution in [0.5, 0.6) is 0 Å². The summed E-state index contributed by atoms with van der Waals surface area (Å²) in [5, 5.41) is 0. The second-order valence-electron chi connectivity index (χ2n) is 4.17. The molecule has 0 saturated heterocycles. The molecule has 1 aromatic carbocycles. The molecule has 0 radical (unpaired) electrons. The Labute approximate surface area is 108 Å². The Morgan fingerprint density at radius 1 is 1.29 bits per heavy atom. The van der Waals surface area contributed by atoms with Crippen molar-refractivity contribution < 1.29 is 13.2 Å². The SMILES string of the molecule is Cc1ccc(Br)cc1CCN(C)CC(F)(F)F. The van der Waals surface area contributed by atoms with Gasteiger partial charge in [-0.15, -0.1) is 0 Å². The maximum Gasteiger partial charge on any atom is 0.401 e. The van der Waals surface area contributed by atoms with Gasteiger partial charge in [0.25, 0.3) is 0 Å². The van der Waals surface area contributed by atoms with Crippen molar-refractivity contribution in [3.8, 4) is 0 Å². The van der Waals surface area contributed by atoms with Crippen LogP contribution in [0.15, 0.2) is 22.7 Å². The number of rotatable bonds is 4.